The van der Waals surface area contributed by atoms with Crippen LogP contribution in [0.5, 0.6) is 0 Å². The van der Waals surface area contributed by atoms with Crippen molar-refractivity contribution in [2.45, 2.75) is 18.9 Å². The first-order valence-corrected chi connectivity index (χ1v) is 4.73. The number of carbonyl (C=O) groups excluding carboxylic acids is 1. The van der Waals surface area contributed by atoms with E-state index in [0.717, 1.165) is 5.56 Å². The molecule has 1 aliphatic rings. The number of halogens is 1. The summed E-state index contributed by atoms with van der Waals surface area (Å²) >= 11 is 0. The summed E-state index contributed by atoms with van der Waals surface area (Å²) in [4.78, 5) is 11.3. The molecule has 0 saturated heterocycles. The zero-order chi connectivity index (χ0) is 10.9. The fraction of sp³-hybridized carbons (Fsp3) is 0.250. The lowest BCUT2D eigenvalue weighted by Gasteiger charge is -2.30. The second-order valence-electron chi connectivity index (χ2n) is 3.80. The fourth-order valence-electron chi connectivity index (χ4n) is 1.67. The fourth-order valence-corrected chi connectivity index (χ4v) is 1.67. The summed E-state index contributed by atoms with van der Waals surface area (Å²) in [6.07, 6.45) is 3.09. The van der Waals surface area contributed by atoms with Gasteiger partial charge in [0, 0.05) is 6.08 Å². The standard InChI is InChI=1S/C12H11FO2/c1-12(8-11(14)6-7-15-12)9-2-4-10(13)5-3-9/h2-7H,8H2,1H3. The molecule has 1 aliphatic heterocycles. The third-order valence-electron chi connectivity index (χ3n) is 2.55. The number of hydrogen-bond acceptors (Lipinski definition) is 2. The number of ketones is 1. The van der Waals surface area contributed by atoms with Gasteiger partial charge in [0.15, 0.2) is 5.78 Å². The summed E-state index contributed by atoms with van der Waals surface area (Å²) in [5.41, 5.74) is 0.140. The molecule has 0 saturated carbocycles. The maximum atomic E-state index is 12.7. The minimum atomic E-state index is -0.667. The van der Waals surface area contributed by atoms with Crippen LogP contribution in [0.4, 0.5) is 4.39 Å². The van der Waals surface area contributed by atoms with Gasteiger partial charge in [-0.05, 0) is 24.6 Å². The second kappa shape index (κ2) is 3.50. The molecule has 78 valence electrons. The average Bonchev–Trinajstić information content (AvgIpc) is 2.18. The first-order chi connectivity index (χ1) is 7.10. The molecule has 1 atom stereocenters. The van der Waals surface area contributed by atoms with Crippen LogP contribution >= 0.6 is 0 Å². The maximum Gasteiger partial charge on any atom is 0.163 e. The summed E-state index contributed by atoms with van der Waals surface area (Å²) < 4.78 is 18.2. The van der Waals surface area contributed by atoms with Crippen molar-refractivity contribution in [3.05, 3.63) is 48.0 Å². The molecule has 0 spiro atoms. The molecule has 0 amide bonds. The van der Waals surface area contributed by atoms with Gasteiger partial charge in [0.25, 0.3) is 0 Å². The van der Waals surface area contributed by atoms with Crippen molar-refractivity contribution < 1.29 is 13.9 Å². The highest BCUT2D eigenvalue weighted by molar-refractivity contribution is 5.91. The van der Waals surface area contributed by atoms with E-state index >= 15 is 0 Å². The van der Waals surface area contributed by atoms with Crippen LogP contribution in [0.25, 0.3) is 0 Å². The van der Waals surface area contributed by atoms with Crippen molar-refractivity contribution in [1.29, 1.82) is 0 Å². The molecular formula is C12H11FO2. The van der Waals surface area contributed by atoms with Gasteiger partial charge in [-0.2, -0.15) is 0 Å². The first kappa shape index (κ1) is 9.90. The first-order valence-electron chi connectivity index (χ1n) is 4.73. The van der Waals surface area contributed by atoms with Crippen LogP contribution in [0, 0.1) is 5.82 Å². The van der Waals surface area contributed by atoms with E-state index in [2.05, 4.69) is 0 Å². The molecule has 1 heterocycles. The molecule has 0 N–H and O–H groups in total. The largest absolute Gasteiger partial charge is 0.490 e. The van der Waals surface area contributed by atoms with Crippen LogP contribution in [0.15, 0.2) is 36.6 Å². The Hall–Kier alpha value is -1.64. The van der Waals surface area contributed by atoms with E-state index in [1.165, 1.54) is 24.5 Å². The summed E-state index contributed by atoms with van der Waals surface area (Å²) in [5, 5.41) is 0. The van der Waals surface area contributed by atoms with E-state index in [9.17, 15) is 9.18 Å². The molecule has 1 aromatic carbocycles. The molecule has 0 aliphatic carbocycles. The van der Waals surface area contributed by atoms with E-state index in [1.807, 2.05) is 6.92 Å². The van der Waals surface area contributed by atoms with Gasteiger partial charge in [-0.3, -0.25) is 4.79 Å². The van der Waals surface area contributed by atoms with E-state index in [4.69, 9.17) is 4.74 Å². The van der Waals surface area contributed by atoms with E-state index in [1.54, 1.807) is 12.1 Å². The lowest BCUT2D eigenvalue weighted by molar-refractivity contribution is -0.122. The Labute approximate surface area is 87.4 Å². The number of hydrogen-bond donors (Lipinski definition) is 0. The van der Waals surface area contributed by atoms with Gasteiger partial charge in [-0.15, -0.1) is 0 Å². The molecule has 0 aromatic heterocycles. The Kier molecular flexibility index (Phi) is 2.31. The number of ether oxygens (including phenoxy) is 1. The van der Waals surface area contributed by atoms with Crippen molar-refractivity contribution in [1.82, 2.24) is 0 Å². The number of allylic oxidation sites excluding steroid dienone is 1. The zero-order valence-electron chi connectivity index (χ0n) is 8.37. The molecule has 3 heteroatoms. The minimum absolute atomic E-state index is 0.0214. The summed E-state index contributed by atoms with van der Waals surface area (Å²) in [5.74, 6) is -0.270. The lowest BCUT2D eigenvalue weighted by Crippen LogP contribution is -2.29. The summed E-state index contributed by atoms with van der Waals surface area (Å²) in [7, 11) is 0. The Morgan fingerprint density at radius 2 is 2.00 bits per heavy atom. The highest BCUT2D eigenvalue weighted by atomic mass is 19.1. The van der Waals surface area contributed by atoms with Gasteiger partial charge in [-0.1, -0.05) is 12.1 Å². The maximum absolute atomic E-state index is 12.7. The Balaban J connectivity index is 2.33. The monoisotopic (exact) mass is 206 g/mol. The van der Waals surface area contributed by atoms with Crippen LogP contribution < -0.4 is 0 Å². The highest BCUT2D eigenvalue weighted by Crippen LogP contribution is 2.32. The van der Waals surface area contributed by atoms with Crippen LogP contribution in [-0.2, 0) is 15.1 Å². The van der Waals surface area contributed by atoms with Crippen molar-refractivity contribution in [2.24, 2.45) is 0 Å². The third kappa shape index (κ3) is 1.91. The molecule has 0 radical (unpaired) electrons. The predicted molar refractivity (Wildman–Crippen MR) is 53.6 cm³/mol. The van der Waals surface area contributed by atoms with Crippen molar-refractivity contribution in [2.75, 3.05) is 0 Å². The Morgan fingerprint density at radius 3 is 2.60 bits per heavy atom. The van der Waals surface area contributed by atoms with Gasteiger partial charge in [0.1, 0.15) is 11.4 Å². The van der Waals surface area contributed by atoms with Crippen molar-refractivity contribution in [3.63, 3.8) is 0 Å². The molecular weight excluding hydrogens is 195 g/mol. The quantitative estimate of drug-likeness (QED) is 0.705. The number of benzene rings is 1. The SMILES string of the molecule is CC1(c2ccc(F)cc2)CC(=O)C=CO1. The smallest absolute Gasteiger partial charge is 0.163 e. The normalized spacial score (nSPS) is 25.1. The predicted octanol–water partition coefficient (Wildman–Crippen LogP) is 2.54. The van der Waals surface area contributed by atoms with Gasteiger partial charge >= 0.3 is 0 Å². The van der Waals surface area contributed by atoms with Crippen LogP contribution in [0.1, 0.15) is 18.9 Å². The van der Waals surface area contributed by atoms with Crippen molar-refractivity contribution >= 4 is 5.78 Å². The van der Waals surface area contributed by atoms with E-state index < -0.39 is 5.60 Å². The van der Waals surface area contributed by atoms with Gasteiger partial charge in [-0.25, -0.2) is 4.39 Å². The molecule has 2 nitrogen and oxygen atoms in total. The Morgan fingerprint density at radius 1 is 1.33 bits per heavy atom. The summed E-state index contributed by atoms with van der Waals surface area (Å²) in [6, 6.07) is 6.02. The minimum Gasteiger partial charge on any atom is -0.490 e. The van der Waals surface area contributed by atoms with Crippen LogP contribution in [0.3, 0.4) is 0 Å². The molecule has 1 unspecified atom stereocenters. The Bertz CT molecular complexity index is 408. The summed E-state index contributed by atoms with van der Waals surface area (Å²) in [6.45, 7) is 1.82. The van der Waals surface area contributed by atoms with Gasteiger partial charge in [0.05, 0.1) is 12.7 Å². The number of rotatable bonds is 1. The van der Waals surface area contributed by atoms with Crippen LogP contribution in [-0.4, -0.2) is 5.78 Å². The molecule has 15 heavy (non-hydrogen) atoms. The van der Waals surface area contributed by atoms with Gasteiger partial charge in [0.2, 0.25) is 0 Å². The highest BCUT2D eigenvalue weighted by Gasteiger charge is 2.32. The molecule has 0 bridgehead atoms. The zero-order valence-corrected chi connectivity index (χ0v) is 8.37. The van der Waals surface area contributed by atoms with Crippen LogP contribution in [0.2, 0.25) is 0 Å². The number of carbonyl (C=O) groups is 1. The average molecular weight is 206 g/mol. The lowest BCUT2D eigenvalue weighted by atomic mass is 9.89. The molecule has 0 fully saturated rings. The van der Waals surface area contributed by atoms with E-state index in [-0.39, 0.29) is 18.0 Å². The topological polar surface area (TPSA) is 26.3 Å². The second-order valence-corrected chi connectivity index (χ2v) is 3.80. The van der Waals surface area contributed by atoms with E-state index in [0.29, 0.717) is 0 Å². The third-order valence-corrected chi connectivity index (χ3v) is 2.55. The van der Waals surface area contributed by atoms with Gasteiger partial charge < -0.3 is 4.74 Å². The van der Waals surface area contributed by atoms with Crippen molar-refractivity contribution in [3.8, 4) is 0 Å². The molecule has 2 rings (SSSR count). The molecule has 1 aromatic rings.